The Morgan fingerprint density at radius 2 is 0.608 bits per heavy atom. The summed E-state index contributed by atoms with van der Waals surface area (Å²) in [6, 6.07) is 1.16. The fourth-order valence-corrected chi connectivity index (χ4v) is 8.08. The van der Waals surface area contributed by atoms with E-state index in [1.165, 1.54) is 0 Å². The molecule has 1 aromatic heterocycles. The Labute approximate surface area is 414 Å². The zero-order valence-corrected chi connectivity index (χ0v) is 37.7. The van der Waals surface area contributed by atoms with Crippen molar-refractivity contribution in [1.29, 1.82) is 0 Å². The molecule has 0 amide bonds. The molecule has 0 aliphatic carbocycles. The number of hydrogen-bond donors (Lipinski definition) is 0. The van der Waals surface area contributed by atoms with Gasteiger partial charge in [-0.2, -0.15) is 132 Å². The lowest BCUT2D eigenvalue weighted by Crippen LogP contribution is -2.75. The predicted octanol–water partition coefficient (Wildman–Crippen LogP) is 14.5. The first kappa shape index (κ1) is 59.3. The fraction of sp³-hybridized carbons (Fsp3) is 0.227. The maximum absolute atomic E-state index is 14.2. The smallest absolute Gasteiger partial charge is 0.252 e. The highest BCUT2D eigenvalue weighted by Gasteiger charge is 2.47. The third-order valence-corrected chi connectivity index (χ3v) is 11.3. The van der Waals surface area contributed by atoms with Gasteiger partial charge in [-0.05, 0) is 24.3 Å². The molecule has 0 saturated heterocycles. The van der Waals surface area contributed by atoms with Gasteiger partial charge in [-0.25, -0.2) is 0 Å². The number of alkyl halides is 27. The molecule has 0 radical (unpaired) electrons. The Morgan fingerprint density at radius 3 is 0.824 bits per heavy atom. The number of rotatable bonds is 6. The second kappa shape index (κ2) is 20.2. The van der Waals surface area contributed by atoms with Crippen molar-refractivity contribution in [3.63, 3.8) is 0 Å². The summed E-state index contributed by atoms with van der Waals surface area (Å²) in [5.74, 6) is 0. The maximum atomic E-state index is 14.2. The molecule has 0 saturated carbocycles. The van der Waals surface area contributed by atoms with Crippen LogP contribution >= 0.6 is 34.8 Å². The van der Waals surface area contributed by atoms with Gasteiger partial charge in [0.2, 0.25) is 0 Å². The molecule has 0 aliphatic rings. The first-order valence-electron chi connectivity index (χ1n) is 19.6. The lowest BCUT2D eigenvalue weighted by molar-refractivity contribution is -0.696. The monoisotopic (exact) mass is 1150 g/mol. The van der Waals surface area contributed by atoms with Crippen LogP contribution in [0.1, 0.15) is 55.8 Å². The molecule has 0 N–H and O–H groups in total. The molecule has 1 heterocycles. The number of hydrogen-bond acceptors (Lipinski definition) is 1. The van der Waals surface area contributed by atoms with E-state index in [0.29, 0.717) is 12.2 Å². The van der Waals surface area contributed by atoms with E-state index in [1.807, 2.05) is 34.9 Å². The van der Waals surface area contributed by atoms with Crippen molar-refractivity contribution in [2.24, 2.45) is 0 Å². The van der Waals surface area contributed by atoms with Crippen molar-refractivity contribution in [2.45, 2.75) is 59.7 Å². The number of halogens is 27. The van der Waals surface area contributed by atoms with Crippen LogP contribution in [-0.2, 0) is 59.7 Å². The minimum atomic E-state index is -6.13. The standard InChI is InChI=1S/C32H12BF24.C12H10Cl3N2/c34-25(35,36)13-1-14(26(37,38)39)6-21(5-13)33(22-7-15(27(40,41)42)2-16(8-22)28(43,44)45,23-9-17(29(46,47)48)3-18(10-23)30(49,50)51)24-11-19(31(52,53)54)4-20(12-24)32(55,56)57;13-12(14,15)11-8-16-6-7-17(11)9-10-4-2-1-3-5-10/h1-12H;1-8H,9H2/q-1;+1. The van der Waals surface area contributed by atoms with Gasteiger partial charge in [-0.3, -0.25) is 4.98 Å². The van der Waals surface area contributed by atoms with E-state index in [0.717, 1.165) is 5.56 Å². The summed E-state index contributed by atoms with van der Waals surface area (Å²) in [7, 11) is 0. The summed E-state index contributed by atoms with van der Waals surface area (Å²) in [6.45, 7) is 0.645. The molecule has 0 fully saturated rings. The first-order chi connectivity index (χ1) is 33.3. The Morgan fingerprint density at radius 1 is 0.365 bits per heavy atom. The highest BCUT2D eigenvalue weighted by atomic mass is 35.6. The van der Waals surface area contributed by atoms with Gasteiger partial charge >= 0.3 is 49.4 Å². The summed E-state index contributed by atoms with van der Waals surface area (Å²) in [6.07, 6.45) is -49.8. The summed E-state index contributed by atoms with van der Waals surface area (Å²) >= 11 is 17.7. The third kappa shape index (κ3) is 13.8. The van der Waals surface area contributed by atoms with Crippen LogP contribution in [0.15, 0.2) is 122 Å². The molecule has 6 aromatic rings. The van der Waals surface area contributed by atoms with E-state index in [-0.39, 0.29) is 0 Å². The lowest BCUT2D eigenvalue weighted by atomic mass is 9.12. The Balaban J connectivity index is 0.000000500. The van der Waals surface area contributed by atoms with Crippen molar-refractivity contribution < 1.29 is 110 Å². The molecular formula is C44H22BCl3F24N2. The average Bonchev–Trinajstić information content (AvgIpc) is 3.24. The van der Waals surface area contributed by atoms with Gasteiger partial charge in [-0.1, -0.05) is 114 Å². The van der Waals surface area contributed by atoms with Gasteiger partial charge in [0.15, 0.2) is 12.7 Å². The summed E-state index contributed by atoms with van der Waals surface area (Å²) in [5.41, 5.74) is -28.5. The van der Waals surface area contributed by atoms with Crippen LogP contribution in [-0.4, -0.2) is 11.1 Å². The van der Waals surface area contributed by atoms with Gasteiger partial charge in [0.05, 0.1) is 56.9 Å². The Bertz CT molecular complexity index is 2530. The van der Waals surface area contributed by atoms with Crippen molar-refractivity contribution in [1.82, 2.24) is 4.98 Å². The fourth-order valence-electron chi connectivity index (χ4n) is 7.61. The van der Waals surface area contributed by atoms with Crippen molar-refractivity contribution in [3.05, 3.63) is 177 Å². The first-order valence-corrected chi connectivity index (χ1v) is 20.8. The third-order valence-electron chi connectivity index (χ3n) is 10.8. The number of aromatic nitrogens is 2. The molecular weight excluding hydrogens is 1130 g/mol. The minimum Gasteiger partial charge on any atom is -0.252 e. The van der Waals surface area contributed by atoms with Crippen LogP contribution in [0.3, 0.4) is 0 Å². The van der Waals surface area contributed by atoms with Crippen LogP contribution in [0.5, 0.6) is 0 Å². The van der Waals surface area contributed by atoms with E-state index in [4.69, 9.17) is 34.8 Å². The SMILES string of the molecule is ClC(Cl)(Cl)c1cncc[n+]1Cc1ccccc1.FC(F)(F)c1cc([B-](c2cc(C(F)(F)F)cc(C(F)(F)F)c2)(c2cc(C(F)(F)F)cc(C(F)(F)F)c2)c2cc(C(F)(F)F)cc(C(F)(F)F)c2)cc(C(F)(F)F)c1. The molecule has 2 nitrogen and oxygen atoms in total. The van der Waals surface area contributed by atoms with Crippen molar-refractivity contribution in [2.75, 3.05) is 0 Å². The van der Waals surface area contributed by atoms with Gasteiger partial charge in [-0.15, -0.1) is 0 Å². The highest BCUT2D eigenvalue weighted by molar-refractivity contribution is 7.20. The molecule has 400 valence electrons. The van der Waals surface area contributed by atoms with Gasteiger partial charge in [0, 0.05) is 5.56 Å². The Kier molecular flexibility index (Phi) is 16.2. The topological polar surface area (TPSA) is 16.8 Å². The number of nitrogens with zero attached hydrogens (tertiary/aromatic N) is 2. The largest absolute Gasteiger partial charge is 0.416 e. The molecule has 30 heteroatoms. The van der Waals surface area contributed by atoms with E-state index >= 15 is 0 Å². The average molecular weight is 1150 g/mol. The Hall–Kier alpha value is -5.57. The minimum absolute atomic E-state index is 0.550. The second-order valence-corrected chi connectivity index (χ2v) is 18.1. The molecule has 6 rings (SSSR count). The lowest BCUT2D eigenvalue weighted by Gasteiger charge is -2.46. The van der Waals surface area contributed by atoms with E-state index in [2.05, 4.69) is 4.98 Å². The number of benzene rings is 5. The molecule has 74 heavy (non-hydrogen) atoms. The molecule has 0 aliphatic heterocycles. The van der Waals surface area contributed by atoms with Gasteiger partial charge in [0.25, 0.3) is 9.49 Å². The van der Waals surface area contributed by atoms with E-state index in [9.17, 15) is 105 Å². The van der Waals surface area contributed by atoms with Crippen LogP contribution in [0.2, 0.25) is 0 Å². The molecule has 0 unspecified atom stereocenters. The van der Waals surface area contributed by atoms with Crippen molar-refractivity contribution >= 4 is 62.8 Å². The van der Waals surface area contributed by atoms with Gasteiger partial charge < -0.3 is 0 Å². The van der Waals surface area contributed by atoms with E-state index < -0.39 is 199 Å². The van der Waals surface area contributed by atoms with E-state index in [1.54, 1.807) is 18.6 Å². The normalized spacial score (nSPS) is 13.7. The summed E-state index contributed by atoms with van der Waals surface area (Å²) < 4.78 is 341. The maximum Gasteiger partial charge on any atom is 0.416 e. The quantitative estimate of drug-likeness (QED) is 0.0703. The van der Waals surface area contributed by atoms with Gasteiger partial charge in [0.1, 0.15) is 6.15 Å². The zero-order chi connectivity index (χ0) is 56.2. The zero-order valence-electron chi connectivity index (χ0n) is 35.4. The molecule has 5 aromatic carbocycles. The molecule has 0 spiro atoms. The predicted molar refractivity (Wildman–Crippen MR) is 219 cm³/mol. The summed E-state index contributed by atoms with van der Waals surface area (Å²) in [4.78, 5) is 3.98. The van der Waals surface area contributed by atoms with Crippen LogP contribution in [0.25, 0.3) is 0 Å². The molecule has 0 bridgehead atoms. The highest BCUT2D eigenvalue weighted by Crippen LogP contribution is 2.42. The molecule has 0 atom stereocenters. The van der Waals surface area contributed by atoms with Crippen LogP contribution < -0.4 is 26.4 Å². The van der Waals surface area contributed by atoms with Crippen LogP contribution in [0.4, 0.5) is 105 Å². The van der Waals surface area contributed by atoms with Crippen molar-refractivity contribution in [3.8, 4) is 0 Å². The second-order valence-electron chi connectivity index (χ2n) is 15.8. The summed E-state index contributed by atoms with van der Waals surface area (Å²) in [5, 5.41) is 0. The van der Waals surface area contributed by atoms with Crippen LogP contribution in [0, 0.1) is 0 Å².